The van der Waals surface area contributed by atoms with E-state index >= 15 is 0 Å². The molecule has 1 aromatic carbocycles. The van der Waals surface area contributed by atoms with Crippen molar-refractivity contribution >= 4 is 17.6 Å². The van der Waals surface area contributed by atoms with E-state index in [2.05, 4.69) is 14.7 Å². The van der Waals surface area contributed by atoms with Gasteiger partial charge in [0.25, 0.3) is 0 Å². The molecule has 0 bridgehead atoms. The van der Waals surface area contributed by atoms with E-state index in [1.165, 1.54) is 19.5 Å². The zero-order chi connectivity index (χ0) is 13.8. The highest BCUT2D eigenvalue weighted by Gasteiger charge is 2.12. The molecule has 19 heavy (non-hydrogen) atoms. The molecule has 0 atom stereocenters. The second-order valence-electron chi connectivity index (χ2n) is 3.63. The van der Waals surface area contributed by atoms with Crippen molar-refractivity contribution in [1.29, 1.82) is 0 Å². The summed E-state index contributed by atoms with van der Waals surface area (Å²) in [6.07, 6.45) is 2.87. The van der Waals surface area contributed by atoms with Gasteiger partial charge in [-0.05, 0) is 18.2 Å². The van der Waals surface area contributed by atoms with Crippen molar-refractivity contribution in [3.63, 3.8) is 0 Å². The van der Waals surface area contributed by atoms with E-state index in [4.69, 9.17) is 16.3 Å². The summed E-state index contributed by atoms with van der Waals surface area (Å²) in [6, 6.07) is 5.18. The van der Waals surface area contributed by atoms with Gasteiger partial charge in [-0.1, -0.05) is 11.6 Å². The van der Waals surface area contributed by atoms with Gasteiger partial charge in [-0.25, -0.2) is 9.78 Å². The molecule has 2 aromatic rings. The second-order valence-corrected chi connectivity index (χ2v) is 4.03. The highest BCUT2D eigenvalue weighted by molar-refractivity contribution is 6.33. The Bertz CT molecular complexity index is 617. The number of aromatic nitrogens is 2. The summed E-state index contributed by atoms with van der Waals surface area (Å²) < 4.78 is 9.67. The van der Waals surface area contributed by atoms with E-state index in [1.54, 1.807) is 25.3 Å². The quantitative estimate of drug-likeness (QED) is 0.808. The molecule has 0 amide bonds. The molecule has 0 fully saturated rings. The number of carbonyl (C=O) groups is 1. The molecule has 0 radical (unpaired) electrons. The number of benzene rings is 1. The summed E-state index contributed by atoms with van der Waals surface area (Å²) in [5.74, 6) is 0.102. The summed E-state index contributed by atoms with van der Waals surface area (Å²) in [5, 5.41) is 0.468. The van der Waals surface area contributed by atoms with Crippen LogP contribution in [-0.2, 0) is 4.74 Å². The Labute approximate surface area is 115 Å². The van der Waals surface area contributed by atoms with Gasteiger partial charge in [0.2, 0.25) is 0 Å². The van der Waals surface area contributed by atoms with E-state index < -0.39 is 5.97 Å². The molecule has 0 saturated carbocycles. The van der Waals surface area contributed by atoms with Gasteiger partial charge in [0.05, 0.1) is 37.3 Å². The topological polar surface area (TPSA) is 61.3 Å². The first-order chi connectivity index (χ1) is 9.15. The summed E-state index contributed by atoms with van der Waals surface area (Å²) in [5.41, 5.74) is 1.29. The largest absolute Gasteiger partial charge is 0.497 e. The second kappa shape index (κ2) is 5.67. The molecular weight excluding hydrogens is 268 g/mol. The van der Waals surface area contributed by atoms with Crippen molar-refractivity contribution in [2.45, 2.75) is 0 Å². The number of hydrogen-bond donors (Lipinski definition) is 0. The zero-order valence-electron chi connectivity index (χ0n) is 10.4. The van der Waals surface area contributed by atoms with Crippen molar-refractivity contribution in [2.75, 3.05) is 14.2 Å². The lowest BCUT2D eigenvalue weighted by atomic mass is 10.1. The molecule has 5 nitrogen and oxygen atoms in total. The number of nitrogens with zero attached hydrogens (tertiary/aromatic N) is 2. The maximum Gasteiger partial charge on any atom is 0.358 e. The van der Waals surface area contributed by atoms with Crippen LogP contribution in [0.25, 0.3) is 11.3 Å². The number of halogens is 1. The molecule has 98 valence electrons. The monoisotopic (exact) mass is 278 g/mol. The predicted molar refractivity (Wildman–Crippen MR) is 70.4 cm³/mol. The van der Waals surface area contributed by atoms with Crippen LogP contribution in [0.1, 0.15) is 10.5 Å². The first kappa shape index (κ1) is 13.3. The molecule has 1 heterocycles. The molecule has 0 saturated heterocycles. The van der Waals surface area contributed by atoms with Crippen LogP contribution in [0.3, 0.4) is 0 Å². The van der Waals surface area contributed by atoms with Gasteiger partial charge in [-0.15, -0.1) is 0 Å². The Hall–Kier alpha value is -2.14. The molecule has 0 aliphatic rings. The molecule has 6 heteroatoms. The van der Waals surface area contributed by atoms with Crippen LogP contribution >= 0.6 is 11.6 Å². The zero-order valence-corrected chi connectivity index (χ0v) is 11.1. The predicted octanol–water partition coefficient (Wildman–Crippen LogP) is 2.59. The summed E-state index contributed by atoms with van der Waals surface area (Å²) in [6.45, 7) is 0. The number of methoxy groups -OCH3 is 2. The molecule has 0 unspecified atom stereocenters. The van der Waals surface area contributed by atoms with Crippen LogP contribution < -0.4 is 4.74 Å². The summed E-state index contributed by atoms with van der Waals surface area (Å²) >= 11 is 6.14. The van der Waals surface area contributed by atoms with Crippen LogP contribution in [0.4, 0.5) is 0 Å². The fraction of sp³-hybridized carbons (Fsp3) is 0.154. The average molecular weight is 279 g/mol. The molecule has 2 rings (SSSR count). The van der Waals surface area contributed by atoms with Crippen molar-refractivity contribution in [3.8, 4) is 17.0 Å². The minimum Gasteiger partial charge on any atom is -0.497 e. The van der Waals surface area contributed by atoms with E-state index in [-0.39, 0.29) is 5.69 Å². The highest BCUT2D eigenvalue weighted by Crippen LogP contribution is 2.29. The lowest BCUT2D eigenvalue weighted by Crippen LogP contribution is -2.05. The molecule has 0 aliphatic carbocycles. The maximum atomic E-state index is 11.4. The van der Waals surface area contributed by atoms with Gasteiger partial charge in [0, 0.05) is 5.56 Å². The maximum absolute atomic E-state index is 11.4. The summed E-state index contributed by atoms with van der Waals surface area (Å²) in [7, 11) is 2.85. The van der Waals surface area contributed by atoms with Crippen LogP contribution in [0.5, 0.6) is 5.75 Å². The Balaban J connectivity index is 2.44. The third-order valence-electron chi connectivity index (χ3n) is 2.48. The Kier molecular flexibility index (Phi) is 3.97. The molecule has 0 aliphatic heterocycles. The van der Waals surface area contributed by atoms with Crippen molar-refractivity contribution < 1.29 is 14.3 Å². The fourth-order valence-electron chi connectivity index (χ4n) is 1.53. The van der Waals surface area contributed by atoms with Gasteiger partial charge >= 0.3 is 5.97 Å². The van der Waals surface area contributed by atoms with Gasteiger partial charge in [-0.2, -0.15) is 0 Å². The Morgan fingerprint density at radius 3 is 2.68 bits per heavy atom. The highest BCUT2D eigenvalue weighted by atomic mass is 35.5. The van der Waals surface area contributed by atoms with E-state index in [0.717, 1.165) is 0 Å². The van der Waals surface area contributed by atoms with E-state index in [1.807, 2.05) is 0 Å². The number of ether oxygens (including phenoxy) is 2. The number of hydrogen-bond acceptors (Lipinski definition) is 5. The van der Waals surface area contributed by atoms with E-state index in [0.29, 0.717) is 22.0 Å². The smallest absolute Gasteiger partial charge is 0.358 e. The molecule has 0 spiro atoms. The number of esters is 1. The molecular formula is C13H11ClN2O3. The first-order valence-electron chi connectivity index (χ1n) is 5.40. The van der Waals surface area contributed by atoms with E-state index in [9.17, 15) is 4.79 Å². The lowest BCUT2D eigenvalue weighted by molar-refractivity contribution is 0.0593. The van der Waals surface area contributed by atoms with Crippen LogP contribution in [0, 0.1) is 0 Å². The van der Waals surface area contributed by atoms with Crippen LogP contribution in [0.2, 0.25) is 5.02 Å². The Morgan fingerprint density at radius 1 is 1.26 bits per heavy atom. The van der Waals surface area contributed by atoms with Crippen LogP contribution in [-0.4, -0.2) is 30.2 Å². The van der Waals surface area contributed by atoms with Crippen molar-refractivity contribution in [1.82, 2.24) is 9.97 Å². The Morgan fingerprint density at radius 2 is 2.05 bits per heavy atom. The van der Waals surface area contributed by atoms with Gasteiger partial charge in [0.15, 0.2) is 5.69 Å². The third-order valence-corrected chi connectivity index (χ3v) is 2.79. The third kappa shape index (κ3) is 2.82. The number of carbonyl (C=O) groups excluding carboxylic acids is 1. The standard InChI is InChI=1S/C13H11ClN2O3/c1-18-8-3-4-9(10(14)5-8)11-6-15-7-12(16-11)13(17)19-2/h3-7H,1-2H3. The van der Waals surface area contributed by atoms with Gasteiger partial charge in [0.1, 0.15) is 5.75 Å². The fourth-order valence-corrected chi connectivity index (χ4v) is 1.80. The van der Waals surface area contributed by atoms with Crippen molar-refractivity contribution in [3.05, 3.63) is 41.3 Å². The van der Waals surface area contributed by atoms with Gasteiger partial charge in [-0.3, -0.25) is 4.98 Å². The van der Waals surface area contributed by atoms with Crippen molar-refractivity contribution in [2.24, 2.45) is 0 Å². The molecule has 0 N–H and O–H groups in total. The van der Waals surface area contributed by atoms with Gasteiger partial charge < -0.3 is 9.47 Å². The number of rotatable bonds is 3. The minimum atomic E-state index is -0.543. The first-order valence-corrected chi connectivity index (χ1v) is 5.77. The lowest BCUT2D eigenvalue weighted by Gasteiger charge is -2.06. The minimum absolute atomic E-state index is 0.131. The summed E-state index contributed by atoms with van der Waals surface area (Å²) in [4.78, 5) is 19.5. The SMILES string of the molecule is COC(=O)c1cncc(-c2ccc(OC)cc2Cl)n1. The normalized spacial score (nSPS) is 10.1. The molecule has 1 aromatic heterocycles. The average Bonchev–Trinajstić information content (AvgIpc) is 2.46. The van der Waals surface area contributed by atoms with Crippen LogP contribution in [0.15, 0.2) is 30.6 Å².